The Morgan fingerprint density at radius 2 is 1.78 bits per heavy atom. The number of anilines is 1. The minimum atomic E-state index is -0.426. The molecule has 0 aromatic heterocycles. The Kier molecular flexibility index (Phi) is 8.10. The van der Waals surface area contributed by atoms with E-state index in [-0.39, 0.29) is 34.6 Å². The van der Waals surface area contributed by atoms with Gasteiger partial charge in [-0.15, -0.1) is 0 Å². The van der Waals surface area contributed by atoms with Crippen LogP contribution in [0.4, 0.5) is 5.69 Å². The Balaban J connectivity index is 1.91. The molecule has 1 amide bonds. The van der Waals surface area contributed by atoms with Crippen molar-refractivity contribution >= 4 is 17.8 Å². The molecule has 0 fully saturated rings. The van der Waals surface area contributed by atoms with Crippen molar-refractivity contribution in [2.45, 2.75) is 46.5 Å². The molecule has 2 rings (SSSR count). The van der Waals surface area contributed by atoms with Crippen molar-refractivity contribution in [1.29, 1.82) is 0 Å². The molecule has 0 atom stereocenters. The van der Waals surface area contributed by atoms with Crippen LogP contribution in [-0.4, -0.2) is 36.2 Å². The Labute approximate surface area is 189 Å². The summed E-state index contributed by atoms with van der Waals surface area (Å²) in [6, 6.07) is 10.7. The Hall–Kier alpha value is -3.26. The Morgan fingerprint density at radius 3 is 2.34 bits per heavy atom. The highest BCUT2D eigenvalue weighted by atomic mass is 16.5. The van der Waals surface area contributed by atoms with Crippen molar-refractivity contribution in [3.8, 4) is 17.2 Å². The van der Waals surface area contributed by atoms with E-state index in [4.69, 9.17) is 14.7 Å². The van der Waals surface area contributed by atoms with Crippen molar-refractivity contribution in [2.24, 2.45) is 10.5 Å². The van der Waals surface area contributed by atoms with E-state index < -0.39 is 5.91 Å². The summed E-state index contributed by atoms with van der Waals surface area (Å²) in [6.07, 6.45) is 2.40. The number of carbonyl (C=O) groups is 1. The van der Waals surface area contributed by atoms with Gasteiger partial charge >= 0.3 is 0 Å². The van der Waals surface area contributed by atoms with Crippen LogP contribution < -0.4 is 20.4 Å². The molecule has 0 saturated carbocycles. The minimum absolute atomic E-state index is 0.0329. The molecule has 0 saturated heterocycles. The molecule has 2 aromatic carbocycles. The molecule has 0 aliphatic rings. The van der Waals surface area contributed by atoms with Crippen LogP contribution in [0.25, 0.3) is 0 Å². The summed E-state index contributed by atoms with van der Waals surface area (Å²) in [4.78, 5) is 12.0. The molecule has 2 aromatic rings. The first-order valence-electron chi connectivity index (χ1n) is 10.3. The Bertz CT molecular complexity index is 922. The van der Waals surface area contributed by atoms with Gasteiger partial charge in [0.2, 0.25) is 0 Å². The number of hydrogen-bond acceptors (Lipinski definition) is 7. The number of benzene rings is 2. The van der Waals surface area contributed by atoms with Gasteiger partial charge < -0.3 is 14.6 Å². The van der Waals surface area contributed by atoms with Gasteiger partial charge in [-0.05, 0) is 47.1 Å². The lowest BCUT2D eigenvalue weighted by Crippen LogP contribution is -2.25. The summed E-state index contributed by atoms with van der Waals surface area (Å²) in [5.41, 5.74) is 6.26. The van der Waals surface area contributed by atoms with Crippen LogP contribution in [0, 0.1) is 5.41 Å². The molecular formula is C24H33N3O5. The minimum Gasteiger partial charge on any atom is -0.503 e. The fourth-order valence-electron chi connectivity index (χ4n) is 3.73. The zero-order valence-corrected chi connectivity index (χ0v) is 19.5. The average molecular weight is 444 g/mol. The fraction of sp³-hybridized carbons (Fsp3) is 0.417. The molecule has 0 radical (unpaired) electrons. The molecule has 0 unspecified atom stereocenters. The van der Waals surface area contributed by atoms with Crippen LogP contribution in [0.1, 0.15) is 52.2 Å². The highest BCUT2D eigenvalue weighted by Crippen LogP contribution is 2.37. The van der Waals surface area contributed by atoms with Gasteiger partial charge in [-0.1, -0.05) is 46.8 Å². The molecule has 0 aliphatic heterocycles. The number of phenolic OH excluding ortho intramolecular Hbond substituents is 1. The van der Waals surface area contributed by atoms with Crippen LogP contribution in [0.3, 0.4) is 0 Å². The van der Waals surface area contributed by atoms with Crippen LogP contribution >= 0.6 is 0 Å². The van der Waals surface area contributed by atoms with Crippen LogP contribution in [0.15, 0.2) is 41.5 Å². The van der Waals surface area contributed by atoms with Crippen LogP contribution in [0.5, 0.6) is 17.2 Å². The molecule has 0 aliphatic carbocycles. The number of nitrogens with one attached hydrogen (secondary N) is 2. The number of ether oxygens (including phenoxy) is 2. The first-order valence-corrected chi connectivity index (χ1v) is 10.3. The molecule has 0 spiro atoms. The second-order valence-corrected chi connectivity index (χ2v) is 9.46. The van der Waals surface area contributed by atoms with Crippen molar-refractivity contribution < 1.29 is 24.6 Å². The molecule has 8 nitrogen and oxygen atoms in total. The standard InChI is InChI=1S/C24H33N3O5/c1-23(2,3)15-24(4,5)17-7-9-18(10-8-17)32-14-21(28)26-25-13-16-11-19(27-30)22(29)20(12-16)31-6/h7-13,27,29-30H,14-15H2,1-6H3,(H,26,28)/b25-13+. The predicted octanol–water partition coefficient (Wildman–Crippen LogP) is 4.44. The molecular weight excluding hydrogens is 410 g/mol. The molecule has 0 bridgehead atoms. The summed E-state index contributed by atoms with van der Waals surface area (Å²) in [5.74, 6) is 0.0812. The van der Waals surface area contributed by atoms with Gasteiger partial charge in [0.25, 0.3) is 5.91 Å². The average Bonchev–Trinajstić information content (AvgIpc) is 2.71. The van der Waals surface area contributed by atoms with Crippen molar-refractivity contribution in [3.63, 3.8) is 0 Å². The molecule has 4 N–H and O–H groups in total. The third kappa shape index (κ3) is 7.16. The van der Waals surface area contributed by atoms with Gasteiger partial charge in [0.1, 0.15) is 11.4 Å². The van der Waals surface area contributed by atoms with Gasteiger partial charge in [-0.25, -0.2) is 5.43 Å². The van der Waals surface area contributed by atoms with Crippen molar-refractivity contribution in [1.82, 2.24) is 5.43 Å². The first-order chi connectivity index (χ1) is 14.9. The number of amides is 1. The van der Waals surface area contributed by atoms with E-state index in [0.717, 1.165) is 6.42 Å². The summed E-state index contributed by atoms with van der Waals surface area (Å²) >= 11 is 0. The number of hydrazone groups is 1. The monoisotopic (exact) mass is 443 g/mol. The summed E-state index contributed by atoms with van der Waals surface area (Å²) in [5, 5.41) is 22.8. The second-order valence-electron chi connectivity index (χ2n) is 9.46. The normalized spacial score (nSPS) is 12.0. The highest BCUT2D eigenvalue weighted by Gasteiger charge is 2.27. The quantitative estimate of drug-likeness (QED) is 0.259. The third-order valence-corrected chi connectivity index (χ3v) is 4.82. The lowest BCUT2D eigenvalue weighted by molar-refractivity contribution is -0.123. The van der Waals surface area contributed by atoms with E-state index in [9.17, 15) is 9.90 Å². The van der Waals surface area contributed by atoms with Gasteiger partial charge in [-0.3, -0.25) is 15.5 Å². The zero-order valence-electron chi connectivity index (χ0n) is 19.5. The van der Waals surface area contributed by atoms with E-state index in [0.29, 0.717) is 11.3 Å². The van der Waals surface area contributed by atoms with Crippen molar-refractivity contribution in [3.05, 3.63) is 47.5 Å². The second kappa shape index (κ2) is 10.4. The maximum atomic E-state index is 12.0. The van der Waals surface area contributed by atoms with Gasteiger partial charge in [-0.2, -0.15) is 5.10 Å². The van der Waals surface area contributed by atoms with Gasteiger partial charge in [0.15, 0.2) is 18.1 Å². The third-order valence-electron chi connectivity index (χ3n) is 4.82. The fourth-order valence-corrected chi connectivity index (χ4v) is 3.73. The molecule has 0 heterocycles. The van der Waals surface area contributed by atoms with E-state index in [1.54, 1.807) is 0 Å². The largest absolute Gasteiger partial charge is 0.503 e. The van der Waals surface area contributed by atoms with Crippen molar-refractivity contribution in [2.75, 3.05) is 19.2 Å². The SMILES string of the molecule is COc1cc(/C=N/NC(=O)COc2ccc(C(C)(C)CC(C)(C)C)cc2)cc(NO)c1O. The van der Waals surface area contributed by atoms with Crippen LogP contribution in [-0.2, 0) is 10.2 Å². The topological polar surface area (TPSA) is 112 Å². The number of rotatable bonds is 9. The van der Waals surface area contributed by atoms with E-state index in [1.807, 2.05) is 29.7 Å². The summed E-state index contributed by atoms with van der Waals surface area (Å²) < 4.78 is 10.6. The number of hydrogen-bond donors (Lipinski definition) is 4. The lowest BCUT2D eigenvalue weighted by Gasteiger charge is -2.33. The smallest absolute Gasteiger partial charge is 0.277 e. The molecule has 174 valence electrons. The zero-order chi connectivity index (χ0) is 23.9. The van der Waals surface area contributed by atoms with Gasteiger partial charge in [0, 0.05) is 5.56 Å². The summed E-state index contributed by atoms with van der Waals surface area (Å²) in [6.45, 7) is 11.0. The van der Waals surface area contributed by atoms with Crippen LogP contribution in [0.2, 0.25) is 0 Å². The molecule has 8 heteroatoms. The number of nitrogens with zero attached hydrogens (tertiary/aromatic N) is 1. The lowest BCUT2D eigenvalue weighted by atomic mass is 9.72. The van der Waals surface area contributed by atoms with Gasteiger partial charge in [0.05, 0.1) is 13.3 Å². The highest BCUT2D eigenvalue weighted by molar-refractivity contribution is 5.86. The maximum absolute atomic E-state index is 12.0. The summed E-state index contributed by atoms with van der Waals surface area (Å²) in [7, 11) is 1.38. The molecule has 32 heavy (non-hydrogen) atoms. The maximum Gasteiger partial charge on any atom is 0.277 e. The number of carbonyl (C=O) groups excluding carboxylic acids is 1. The number of methoxy groups -OCH3 is 1. The van der Waals surface area contributed by atoms with E-state index in [1.165, 1.54) is 31.0 Å². The first kappa shape index (κ1) is 25.0. The predicted molar refractivity (Wildman–Crippen MR) is 125 cm³/mol. The Morgan fingerprint density at radius 1 is 1.12 bits per heavy atom. The number of aromatic hydroxyl groups is 1. The van der Waals surface area contributed by atoms with E-state index >= 15 is 0 Å². The number of phenols is 1. The van der Waals surface area contributed by atoms with E-state index in [2.05, 4.69) is 45.1 Å².